The smallest absolute Gasteiger partial charge is 0.137 e. The number of pyridine rings is 1. The third-order valence-electron chi connectivity index (χ3n) is 3.56. The quantitative estimate of drug-likeness (QED) is 0.551. The van der Waals surface area contributed by atoms with Gasteiger partial charge in [0.25, 0.3) is 0 Å². The molecule has 1 aromatic heterocycles. The summed E-state index contributed by atoms with van der Waals surface area (Å²) in [5, 5.41) is 16.3. The summed E-state index contributed by atoms with van der Waals surface area (Å²) >= 11 is 0. The lowest BCUT2D eigenvalue weighted by Gasteiger charge is -2.15. The molecule has 0 aliphatic heterocycles. The summed E-state index contributed by atoms with van der Waals surface area (Å²) < 4.78 is 5.74. The van der Waals surface area contributed by atoms with Crippen molar-refractivity contribution in [2.75, 3.05) is 11.9 Å². The SMILES string of the molecule is OC(CNCc1cccnc1)Nc1ccc(Oc2ccccc2)cc1. The van der Waals surface area contributed by atoms with Crippen LogP contribution in [0.3, 0.4) is 0 Å². The van der Waals surface area contributed by atoms with E-state index in [0.29, 0.717) is 13.1 Å². The van der Waals surface area contributed by atoms with E-state index in [1.165, 1.54) is 0 Å². The molecule has 3 aromatic rings. The van der Waals surface area contributed by atoms with Crippen molar-refractivity contribution in [3.8, 4) is 11.5 Å². The molecule has 0 aliphatic carbocycles. The van der Waals surface area contributed by atoms with E-state index in [2.05, 4.69) is 15.6 Å². The normalized spacial score (nSPS) is 11.7. The molecule has 1 unspecified atom stereocenters. The number of ether oxygens (including phenoxy) is 1. The maximum atomic E-state index is 10.1. The van der Waals surface area contributed by atoms with Gasteiger partial charge in [0, 0.05) is 31.2 Å². The molecule has 128 valence electrons. The average molecular weight is 335 g/mol. The number of aromatic nitrogens is 1. The van der Waals surface area contributed by atoms with Gasteiger partial charge < -0.3 is 20.5 Å². The number of aliphatic hydroxyl groups excluding tert-OH is 1. The van der Waals surface area contributed by atoms with Crippen molar-refractivity contribution in [1.29, 1.82) is 0 Å². The summed E-state index contributed by atoms with van der Waals surface area (Å²) in [6, 6.07) is 21.0. The summed E-state index contributed by atoms with van der Waals surface area (Å²) in [6.07, 6.45) is 2.86. The Balaban J connectivity index is 1.44. The first kappa shape index (κ1) is 17.0. The van der Waals surface area contributed by atoms with Crippen molar-refractivity contribution in [2.24, 2.45) is 0 Å². The van der Waals surface area contributed by atoms with Crippen LogP contribution < -0.4 is 15.4 Å². The highest BCUT2D eigenvalue weighted by Gasteiger charge is 2.04. The second-order valence-electron chi connectivity index (χ2n) is 5.59. The molecule has 0 amide bonds. The minimum absolute atomic E-state index is 0.428. The highest BCUT2D eigenvalue weighted by Crippen LogP contribution is 2.22. The summed E-state index contributed by atoms with van der Waals surface area (Å²) in [7, 11) is 0. The van der Waals surface area contributed by atoms with Gasteiger partial charge in [0.1, 0.15) is 17.7 Å². The zero-order valence-corrected chi connectivity index (χ0v) is 13.8. The van der Waals surface area contributed by atoms with Crippen LogP contribution in [0.15, 0.2) is 79.1 Å². The topological polar surface area (TPSA) is 66.4 Å². The van der Waals surface area contributed by atoms with E-state index in [0.717, 1.165) is 22.7 Å². The Morgan fingerprint density at radius 1 is 0.920 bits per heavy atom. The Bertz CT molecular complexity index is 749. The van der Waals surface area contributed by atoms with E-state index in [9.17, 15) is 5.11 Å². The molecule has 0 spiro atoms. The Morgan fingerprint density at radius 2 is 1.68 bits per heavy atom. The molecule has 5 heteroatoms. The van der Waals surface area contributed by atoms with Gasteiger partial charge in [-0.2, -0.15) is 0 Å². The molecule has 25 heavy (non-hydrogen) atoms. The number of hydrogen-bond acceptors (Lipinski definition) is 5. The van der Waals surface area contributed by atoms with Crippen LogP contribution in [0.1, 0.15) is 5.56 Å². The van der Waals surface area contributed by atoms with E-state index in [4.69, 9.17) is 4.74 Å². The summed E-state index contributed by atoms with van der Waals surface area (Å²) in [5.74, 6) is 1.55. The maximum Gasteiger partial charge on any atom is 0.137 e. The Morgan fingerprint density at radius 3 is 2.40 bits per heavy atom. The van der Waals surface area contributed by atoms with Crippen molar-refractivity contribution >= 4 is 5.69 Å². The molecular formula is C20H21N3O2. The molecule has 1 heterocycles. The lowest BCUT2D eigenvalue weighted by Crippen LogP contribution is -2.32. The zero-order valence-electron chi connectivity index (χ0n) is 13.8. The van der Waals surface area contributed by atoms with Gasteiger partial charge in [-0.05, 0) is 48.0 Å². The summed E-state index contributed by atoms with van der Waals surface area (Å²) in [6.45, 7) is 1.09. The van der Waals surface area contributed by atoms with Gasteiger partial charge in [-0.25, -0.2) is 0 Å². The Labute approximate surface area is 147 Å². The highest BCUT2D eigenvalue weighted by atomic mass is 16.5. The van der Waals surface area contributed by atoms with Gasteiger partial charge in [-0.1, -0.05) is 24.3 Å². The molecule has 0 saturated heterocycles. The Hall–Kier alpha value is -2.89. The van der Waals surface area contributed by atoms with Crippen LogP contribution in [-0.2, 0) is 6.54 Å². The second kappa shape index (κ2) is 8.82. The van der Waals surface area contributed by atoms with Gasteiger partial charge in [-0.3, -0.25) is 4.98 Å². The molecule has 0 bridgehead atoms. The number of para-hydroxylation sites is 1. The van der Waals surface area contributed by atoms with E-state index < -0.39 is 6.23 Å². The first-order valence-electron chi connectivity index (χ1n) is 8.17. The number of aliphatic hydroxyl groups is 1. The lowest BCUT2D eigenvalue weighted by molar-refractivity contribution is 0.199. The summed E-state index contributed by atoms with van der Waals surface area (Å²) in [4.78, 5) is 4.06. The lowest BCUT2D eigenvalue weighted by atomic mass is 10.3. The van der Waals surface area contributed by atoms with E-state index in [1.54, 1.807) is 12.4 Å². The molecule has 0 aliphatic rings. The van der Waals surface area contributed by atoms with Gasteiger partial charge >= 0.3 is 0 Å². The Kier molecular flexibility index (Phi) is 5.98. The fourth-order valence-electron chi connectivity index (χ4n) is 2.34. The van der Waals surface area contributed by atoms with Crippen LogP contribution in [-0.4, -0.2) is 22.9 Å². The molecule has 3 N–H and O–H groups in total. The molecule has 2 aromatic carbocycles. The first-order valence-corrected chi connectivity index (χ1v) is 8.17. The van der Waals surface area contributed by atoms with E-state index >= 15 is 0 Å². The zero-order chi connectivity index (χ0) is 17.3. The largest absolute Gasteiger partial charge is 0.457 e. The molecule has 0 saturated carbocycles. The number of hydrogen-bond donors (Lipinski definition) is 3. The predicted molar refractivity (Wildman–Crippen MR) is 98.5 cm³/mol. The van der Waals surface area contributed by atoms with Gasteiger partial charge in [0.15, 0.2) is 0 Å². The summed E-state index contributed by atoms with van der Waals surface area (Å²) in [5.41, 5.74) is 1.91. The molecule has 0 radical (unpaired) electrons. The van der Waals surface area contributed by atoms with Gasteiger partial charge in [0.2, 0.25) is 0 Å². The fourth-order valence-corrected chi connectivity index (χ4v) is 2.34. The molecule has 0 fully saturated rings. The second-order valence-corrected chi connectivity index (χ2v) is 5.59. The average Bonchev–Trinajstić information content (AvgIpc) is 2.65. The fraction of sp³-hybridized carbons (Fsp3) is 0.150. The van der Waals surface area contributed by atoms with Crippen LogP contribution in [0.25, 0.3) is 0 Å². The molecule has 3 rings (SSSR count). The number of rotatable bonds is 8. The first-order chi connectivity index (χ1) is 12.3. The minimum atomic E-state index is -0.683. The molecular weight excluding hydrogens is 314 g/mol. The van der Waals surface area contributed by atoms with Crippen molar-refractivity contribution in [1.82, 2.24) is 10.3 Å². The van der Waals surface area contributed by atoms with Crippen molar-refractivity contribution in [3.05, 3.63) is 84.7 Å². The van der Waals surface area contributed by atoms with Crippen LogP contribution >= 0.6 is 0 Å². The third-order valence-corrected chi connectivity index (χ3v) is 3.56. The highest BCUT2D eigenvalue weighted by molar-refractivity contribution is 5.47. The predicted octanol–water partition coefficient (Wildman–Crippen LogP) is 3.39. The van der Waals surface area contributed by atoms with Gasteiger partial charge in [0.05, 0.1) is 0 Å². The van der Waals surface area contributed by atoms with Crippen LogP contribution in [0.2, 0.25) is 0 Å². The maximum absolute atomic E-state index is 10.1. The van der Waals surface area contributed by atoms with Crippen molar-refractivity contribution in [2.45, 2.75) is 12.8 Å². The van der Waals surface area contributed by atoms with E-state index in [-0.39, 0.29) is 0 Å². The van der Waals surface area contributed by atoms with Crippen LogP contribution in [0, 0.1) is 0 Å². The van der Waals surface area contributed by atoms with Crippen LogP contribution in [0.4, 0.5) is 5.69 Å². The number of nitrogens with zero attached hydrogens (tertiary/aromatic N) is 1. The molecule has 1 atom stereocenters. The molecule has 5 nitrogen and oxygen atoms in total. The third kappa shape index (κ3) is 5.60. The van der Waals surface area contributed by atoms with E-state index in [1.807, 2.05) is 66.7 Å². The van der Waals surface area contributed by atoms with Crippen molar-refractivity contribution in [3.63, 3.8) is 0 Å². The van der Waals surface area contributed by atoms with Gasteiger partial charge in [-0.15, -0.1) is 0 Å². The monoisotopic (exact) mass is 335 g/mol. The standard InChI is InChI=1S/C20H21N3O2/c24-20(15-22-14-16-5-4-12-21-13-16)23-17-8-10-19(11-9-17)25-18-6-2-1-3-7-18/h1-13,20,22-24H,14-15H2. The number of anilines is 1. The van der Waals surface area contributed by atoms with Crippen molar-refractivity contribution < 1.29 is 9.84 Å². The van der Waals surface area contributed by atoms with Crippen LogP contribution in [0.5, 0.6) is 11.5 Å². The number of nitrogens with one attached hydrogen (secondary N) is 2. The number of benzene rings is 2. The minimum Gasteiger partial charge on any atom is -0.457 e.